The number of para-hydroxylation sites is 1. The predicted molar refractivity (Wildman–Crippen MR) is 55.2 cm³/mol. The van der Waals surface area contributed by atoms with Crippen molar-refractivity contribution >= 4 is 15.8 Å². The number of benzene rings is 1. The average molecular weight is 233 g/mol. The van der Waals surface area contributed by atoms with Crippen LogP contribution in [0.5, 0.6) is 0 Å². The summed E-state index contributed by atoms with van der Waals surface area (Å²) in [7, 11) is -3.66. The lowest BCUT2D eigenvalue weighted by Gasteiger charge is -1.85. The summed E-state index contributed by atoms with van der Waals surface area (Å²) in [5, 5.41) is 10.0. The zero-order valence-corrected chi connectivity index (χ0v) is 8.85. The van der Waals surface area contributed by atoms with Crippen molar-refractivity contribution in [2.75, 3.05) is 5.75 Å². The number of non-ortho nitro benzene ring substituents is 1. The Morgan fingerprint density at radius 1 is 1.33 bits per heavy atom. The quantitative estimate of drug-likeness (QED) is 0.474. The number of nitrogens with zero attached hydrogens (tertiary/aromatic N) is 1. The molecule has 0 bridgehead atoms. The van der Waals surface area contributed by atoms with Gasteiger partial charge in [-0.2, -0.15) is 8.42 Å². The highest BCUT2D eigenvalue weighted by molar-refractivity contribution is 7.85. The fourth-order valence-corrected chi connectivity index (χ4v) is 0.550. The summed E-state index contributed by atoms with van der Waals surface area (Å²) >= 11 is 0. The lowest BCUT2D eigenvalue weighted by molar-refractivity contribution is -0.384. The van der Waals surface area contributed by atoms with Gasteiger partial charge in [0.2, 0.25) is 0 Å². The van der Waals surface area contributed by atoms with Crippen molar-refractivity contribution in [3.8, 4) is 0 Å². The van der Waals surface area contributed by atoms with Gasteiger partial charge in [0.25, 0.3) is 15.8 Å². The summed E-state index contributed by atoms with van der Waals surface area (Å²) in [5.74, 6) is -0.201. The maximum atomic E-state index is 10.0. The van der Waals surface area contributed by atoms with E-state index in [4.69, 9.17) is 4.55 Å². The highest BCUT2D eigenvalue weighted by Crippen LogP contribution is 2.06. The van der Waals surface area contributed by atoms with Crippen LogP contribution >= 0.6 is 0 Å². The van der Waals surface area contributed by atoms with Gasteiger partial charge in [0, 0.05) is 12.1 Å². The first kappa shape index (κ1) is 13.5. The van der Waals surface area contributed by atoms with Crippen LogP contribution in [0.4, 0.5) is 5.69 Å². The summed E-state index contributed by atoms with van der Waals surface area (Å²) < 4.78 is 26.9. The number of nitro benzene ring substituents is 1. The Labute approximate surface area is 87.4 Å². The SMILES string of the molecule is CCS(=O)(=O)O.O=[N+]([O-])c1ccccc1. The summed E-state index contributed by atoms with van der Waals surface area (Å²) in [4.78, 5) is 9.59. The second-order valence-corrected chi connectivity index (χ2v) is 4.20. The van der Waals surface area contributed by atoms with Crippen molar-refractivity contribution in [1.82, 2.24) is 0 Å². The van der Waals surface area contributed by atoms with Crippen LogP contribution in [0.15, 0.2) is 30.3 Å². The highest BCUT2D eigenvalue weighted by atomic mass is 32.2. The molecule has 0 saturated heterocycles. The Morgan fingerprint density at radius 3 is 1.93 bits per heavy atom. The van der Waals surface area contributed by atoms with Gasteiger partial charge >= 0.3 is 0 Å². The van der Waals surface area contributed by atoms with E-state index in [9.17, 15) is 18.5 Å². The minimum Gasteiger partial charge on any atom is -0.286 e. The van der Waals surface area contributed by atoms with Gasteiger partial charge in [-0.05, 0) is 6.92 Å². The number of rotatable bonds is 2. The maximum absolute atomic E-state index is 10.0. The molecule has 15 heavy (non-hydrogen) atoms. The third kappa shape index (κ3) is 7.59. The van der Waals surface area contributed by atoms with Gasteiger partial charge in [0.15, 0.2) is 0 Å². The van der Waals surface area contributed by atoms with Crippen LogP contribution in [-0.4, -0.2) is 23.6 Å². The van der Waals surface area contributed by atoms with Crippen molar-refractivity contribution in [3.63, 3.8) is 0 Å². The zero-order chi connectivity index (χ0) is 11.9. The minimum atomic E-state index is -3.66. The molecule has 0 saturated carbocycles. The summed E-state index contributed by atoms with van der Waals surface area (Å²) in [5.41, 5.74) is 0.137. The van der Waals surface area contributed by atoms with E-state index in [1.54, 1.807) is 18.2 Å². The molecule has 7 heteroatoms. The van der Waals surface area contributed by atoms with E-state index in [1.165, 1.54) is 19.1 Å². The van der Waals surface area contributed by atoms with Gasteiger partial charge in [0.1, 0.15) is 0 Å². The third-order valence-electron chi connectivity index (χ3n) is 1.33. The second-order valence-electron chi connectivity index (χ2n) is 2.46. The van der Waals surface area contributed by atoms with Gasteiger partial charge in [-0.3, -0.25) is 14.7 Å². The van der Waals surface area contributed by atoms with E-state index in [0.717, 1.165) is 0 Å². The smallest absolute Gasteiger partial charge is 0.269 e. The average Bonchev–Trinajstić information content (AvgIpc) is 2.19. The molecular formula is C8H11NO5S. The van der Waals surface area contributed by atoms with Crippen LogP contribution in [0.2, 0.25) is 0 Å². The fraction of sp³-hybridized carbons (Fsp3) is 0.250. The molecule has 1 aromatic rings. The van der Waals surface area contributed by atoms with Crippen LogP contribution in [0.1, 0.15) is 6.92 Å². The molecule has 6 nitrogen and oxygen atoms in total. The fourth-order valence-electron chi connectivity index (χ4n) is 0.550. The molecule has 0 heterocycles. The van der Waals surface area contributed by atoms with Crippen LogP contribution < -0.4 is 0 Å². The Hall–Kier alpha value is -1.47. The lowest BCUT2D eigenvalue weighted by atomic mass is 10.3. The van der Waals surface area contributed by atoms with E-state index < -0.39 is 15.0 Å². The van der Waals surface area contributed by atoms with Crippen LogP contribution in [-0.2, 0) is 10.1 Å². The number of hydrogen-bond donors (Lipinski definition) is 1. The Bertz CT molecular complexity index is 400. The van der Waals surface area contributed by atoms with Crippen molar-refractivity contribution < 1.29 is 17.9 Å². The van der Waals surface area contributed by atoms with Gasteiger partial charge in [0.05, 0.1) is 10.7 Å². The predicted octanol–water partition coefficient (Wildman–Crippen LogP) is 1.49. The van der Waals surface area contributed by atoms with Crippen molar-refractivity contribution in [3.05, 3.63) is 40.4 Å². The van der Waals surface area contributed by atoms with Gasteiger partial charge in [-0.15, -0.1) is 0 Å². The molecule has 0 fully saturated rings. The second kappa shape index (κ2) is 6.10. The first-order valence-corrected chi connectivity index (χ1v) is 5.62. The molecule has 0 spiro atoms. The Morgan fingerprint density at radius 2 is 1.73 bits per heavy atom. The van der Waals surface area contributed by atoms with E-state index in [1.807, 2.05) is 0 Å². The molecule has 1 aromatic carbocycles. The largest absolute Gasteiger partial charge is 0.286 e. The molecule has 0 aliphatic heterocycles. The minimum absolute atomic E-state index is 0.137. The topological polar surface area (TPSA) is 97.5 Å². The monoisotopic (exact) mass is 233 g/mol. The first-order chi connectivity index (χ1) is 6.87. The summed E-state index contributed by atoms with van der Waals surface area (Å²) in [6, 6.07) is 7.93. The Balaban J connectivity index is 0.000000288. The maximum Gasteiger partial charge on any atom is 0.269 e. The van der Waals surface area contributed by atoms with Crippen molar-refractivity contribution in [2.24, 2.45) is 0 Å². The van der Waals surface area contributed by atoms with E-state index in [-0.39, 0.29) is 11.4 Å². The molecule has 84 valence electrons. The first-order valence-electron chi connectivity index (χ1n) is 4.01. The normalized spacial score (nSPS) is 10.0. The van der Waals surface area contributed by atoms with Gasteiger partial charge < -0.3 is 0 Å². The molecule has 1 rings (SSSR count). The molecule has 0 radical (unpaired) electrons. The molecule has 0 atom stereocenters. The molecule has 0 amide bonds. The number of nitro groups is 1. The van der Waals surface area contributed by atoms with E-state index in [2.05, 4.69) is 0 Å². The van der Waals surface area contributed by atoms with E-state index in [0.29, 0.717) is 0 Å². The van der Waals surface area contributed by atoms with Crippen LogP contribution in [0, 0.1) is 10.1 Å². The van der Waals surface area contributed by atoms with Crippen LogP contribution in [0.25, 0.3) is 0 Å². The molecule has 0 aromatic heterocycles. The molecule has 0 aliphatic rings. The van der Waals surface area contributed by atoms with Crippen LogP contribution in [0.3, 0.4) is 0 Å². The number of hydrogen-bond acceptors (Lipinski definition) is 4. The summed E-state index contributed by atoms with van der Waals surface area (Å²) in [6.45, 7) is 1.37. The van der Waals surface area contributed by atoms with Gasteiger partial charge in [-0.25, -0.2) is 0 Å². The van der Waals surface area contributed by atoms with Crippen molar-refractivity contribution in [1.29, 1.82) is 0 Å². The van der Waals surface area contributed by atoms with Gasteiger partial charge in [-0.1, -0.05) is 18.2 Å². The molecule has 0 aliphatic carbocycles. The van der Waals surface area contributed by atoms with E-state index >= 15 is 0 Å². The molecular weight excluding hydrogens is 222 g/mol. The molecule has 1 N–H and O–H groups in total. The highest BCUT2D eigenvalue weighted by Gasteiger charge is 1.98. The van der Waals surface area contributed by atoms with Crippen molar-refractivity contribution in [2.45, 2.75) is 6.92 Å². The zero-order valence-electron chi connectivity index (χ0n) is 8.03. The molecule has 0 unspecified atom stereocenters. The summed E-state index contributed by atoms with van der Waals surface area (Å²) in [6.07, 6.45) is 0. The third-order valence-corrected chi connectivity index (χ3v) is 2.06. The lowest BCUT2D eigenvalue weighted by Crippen LogP contribution is -1.97. The standard InChI is InChI=1S/C6H5NO2.C2H6O3S/c8-7(9)6-4-2-1-3-5-6;1-2-6(3,4)5/h1-5H;2H2,1H3,(H,3,4,5). The Kier molecular flexibility index (Phi) is 5.50.